The fourth-order valence-corrected chi connectivity index (χ4v) is 3.08. The van der Waals surface area contributed by atoms with E-state index in [0.717, 1.165) is 10.0 Å². The Labute approximate surface area is 133 Å². The van der Waals surface area contributed by atoms with E-state index in [1.807, 2.05) is 25.1 Å². The summed E-state index contributed by atoms with van der Waals surface area (Å²) in [6.07, 6.45) is 0. The zero-order valence-electron chi connectivity index (χ0n) is 10.1. The van der Waals surface area contributed by atoms with E-state index in [4.69, 9.17) is 11.6 Å². The molecule has 1 atom stereocenters. The predicted molar refractivity (Wildman–Crippen MR) is 85.3 cm³/mol. The zero-order chi connectivity index (χ0) is 14.0. The lowest BCUT2D eigenvalue weighted by atomic mass is 10.1. The molecule has 0 heterocycles. The summed E-state index contributed by atoms with van der Waals surface area (Å²) in [7, 11) is 0. The van der Waals surface area contributed by atoms with Crippen molar-refractivity contribution in [2.24, 2.45) is 0 Å². The Hall–Kier alpha value is -0.580. The summed E-state index contributed by atoms with van der Waals surface area (Å²) >= 11 is 12.9. The highest BCUT2D eigenvalue weighted by Crippen LogP contribution is 2.32. The molecule has 19 heavy (non-hydrogen) atoms. The first kappa shape index (κ1) is 14.8. The van der Waals surface area contributed by atoms with Gasteiger partial charge in [0.2, 0.25) is 0 Å². The Kier molecular flexibility index (Phi) is 4.87. The summed E-state index contributed by atoms with van der Waals surface area (Å²) in [5.74, 6) is -0.297. The van der Waals surface area contributed by atoms with Gasteiger partial charge in [0.05, 0.1) is 11.7 Å². The van der Waals surface area contributed by atoms with Crippen molar-refractivity contribution in [2.45, 2.75) is 13.0 Å². The van der Waals surface area contributed by atoms with Crippen molar-refractivity contribution < 1.29 is 4.39 Å². The third-order valence-electron chi connectivity index (χ3n) is 2.75. The first-order valence-corrected chi connectivity index (χ1v) is 7.61. The Morgan fingerprint density at radius 3 is 2.58 bits per heavy atom. The lowest BCUT2D eigenvalue weighted by molar-refractivity contribution is 0.626. The molecule has 2 rings (SSSR count). The van der Waals surface area contributed by atoms with Crippen LogP contribution in [0.15, 0.2) is 45.3 Å². The molecule has 0 aliphatic rings. The molecule has 0 saturated carbocycles. The van der Waals surface area contributed by atoms with E-state index in [1.165, 1.54) is 6.07 Å². The number of hydrogen-bond acceptors (Lipinski definition) is 1. The second-order valence-corrected chi connectivity index (χ2v) is 6.31. The topological polar surface area (TPSA) is 12.0 Å². The summed E-state index contributed by atoms with van der Waals surface area (Å²) in [5.41, 5.74) is 1.36. The van der Waals surface area contributed by atoms with Crippen LogP contribution in [-0.4, -0.2) is 0 Å². The molecule has 1 nitrogen and oxygen atoms in total. The van der Waals surface area contributed by atoms with Crippen molar-refractivity contribution >= 4 is 49.1 Å². The molecule has 0 aliphatic carbocycles. The van der Waals surface area contributed by atoms with Gasteiger partial charge in [-0.3, -0.25) is 0 Å². The highest BCUT2D eigenvalue weighted by molar-refractivity contribution is 9.10. The van der Waals surface area contributed by atoms with Crippen LogP contribution in [0, 0.1) is 5.82 Å². The van der Waals surface area contributed by atoms with Gasteiger partial charge in [0.1, 0.15) is 5.82 Å². The van der Waals surface area contributed by atoms with E-state index < -0.39 is 0 Å². The van der Waals surface area contributed by atoms with Crippen LogP contribution >= 0.6 is 43.5 Å². The van der Waals surface area contributed by atoms with Gasteiger partial charge in [0, 0.05) is 14.0 Å². The second kappa shape index (κ2) is 6.25. The van der Waals surface area contributed by atoms with Crippen molar-refractivity contribution in [2.75, 3.05) is 5.32 Å². The summed E-state index contributed by atoms with van der Waals surface area (Å²) in [4.78, 5) is 0. The van der Waals surface area contributed by atoms with Crippen LogP contribution in [0.5, 0.6) is 0 Å². The molecule has 2 aromatic rings. The summed E-state index contributed by atoms with van der Waals surface area (Å²) in [6.45, 7) is 1.94. The van der Waals surface area contributed by atoms with Crippen molar-refractivity contribution in [1.29, 1.82) is 0 Å². The van der Waals surface area contributed by atoms with Crippen molar-refractivity contribution in [1.82, 2.24) is 0 Å². The molecule has 0 aromatic heterocycles. The molecule has 0 aliphatic heterocycles. The number of nitrogens with one attached hydrogen (secondary N) is 1. The lowest BCUT2D eigenvalue weighted by Gasteiger charge is -2.18. The largest absolute Gasteiger partial charge is 0.375 e. The third-order valence-corrected chi connectivity index (χ3v) is 4.23. The zero-order valence-corrected chi connectivity index (χ0v) is 14.0. The summed E-state index contributed by atoms with van der Waals surface area (Å²) in [6, 6.07) is 10.4. The van der Waals surface area contributed by atoms with Crippen molar-refractivity contribution in [3.05, 3.63) is 61.7 Å². The van der Waals surface area contributed by atoms with Gasteiger partial charge >= 0.3 is 0 Å². The second-order valence-electron chi connectivity index (χ2n) is 4.13. The average molecular weight is 408 g/mol. The fraction of sp³-hybridized carbons (Fsp3) is 0.143. The molecule has 1 unspecified atom stereocenters. The van der Waals surface area contributed by atoms with Gasteiger partial charge in [0.15, 0.2) is 0 Å². The monoisotopic (exact) mass is 405 g/mol. The molecule has 0 saturated heterocycles. The summed E-state index contributed by atoms with van der Waals surface area (Å²) in [5, 5.41) is 3.77. The molecule has 1 N–H and O–H groups in total. The smallest absolute Gasteiger partial charge is 0.147 e. The van der Waals surface area contributed by atoms with Gasteiger partial charge in [-0.15, -0.1) is 0 Å². The van der Waals surface area contributed by atoms with Crippen LogP contribution < -0.4 is 5.32 Å². The maximum atomic E-state index is 13.8. The van der Waals surface area contributed by atoms with E-state index in [1.54, 1.807) is 12.1 Å². The fourth-order valence-electron chi connectivity index (χ4n) is 1.78. The molecule has 0 amide bonds. The first-order valence-electron chi connectivity index (χ1n) is 5.64. The number of para-hydroxylation sites is 1. The number of benzene rings is 2. The lowest BCUT2D eigenvalue weighted by Crippen LogP contribution is -2.09. The Morgan fingerprint density at radius 1 is 1.21 bits per heavy atom. The van der Waals surface area contributed by atoms with E-state index in [0.29, 0.717) is 15.2 Å². The normalized spacial score (nSPS) is 12.3. The van der Waals surface area contributed by atoms with Gasteiger partial charge < -0.3 is 5.32 Å². The van der Waals surface area contributed by atoms with Gasteiger partial charge in [0.25, 0.3) is 0 Å². The molecule has 0 fully saturated rings. The van der Waals surface area contributed by atoms with E-state index in [2.05, 4.69) is 37.2 Å². The van der Waals surface area contributed by atoms with Crippen LogP contribution in [0.4, 0.5) is 10.1 Å². The van der Waals surface area contributed by atoms with Crippen LogP contribution in [0.1, 0.15) is 18.5 Å². The van der Waals surface area contributed by atoms with Crippen LogP contribution in [0.2, 0.25) is 5.02 Å². The van der Waals surface area contributed by atoms with E-state index in [9.17, 15) is 4.39 Å². The van der Waals surface area contributed by atoms with Crippen LogP contribution in [0.3, 0.4) is 0 Å². The maximum Gasteiger partial charge on any atom is 0.147 e. The SMILES string of the molecule is CC(Nc1c(F)cccc1Br)c1ccc(Br)cc1Cl. The minimum absolute atomic E-state index is 0.103. The Bertz CT molecular complexity index is 584. The minimum Gasteiger partial charge on any atom is -0.375 e. The number of hydrogen-bond donors (Lipinski definition) is 1. The van der Waals surface area contributed by atoms with Gasteiger partial charge in [-0.2, -0.15) is 0 Å². The van der Waals surface area contributed by atoms with Gasteiger partial charge in [-0.25, -0.2) is 4.39 Å². The summed E-state index contributed by atoms with van der Waals surface area (Å²) < 4.78 is 15.4. The van der Waals surface area contributed by atoms with Gasteiger partial charge in [-0.1, -0.05) is 39.7 Å². The minimum atomic E-state index is -0.297. The number of anilines is 1. The molecule has 5 heteroatoms. The quantitative estimate of drug-likeness (QED) is 0.641. The highest BCUT2D eigenvalue weighted by Gasteiger charge is 2.13. The van der Waals surface area contributed by atoms with E-state index in [-0.39, 0.29) is 11.9 Å². The van der Waals surface area contributed by atoms with E-state index >= 15 is 0 Å². The molecule has 0 bridgehead atoms. The standard InChI is InChI=1S/C14H11Br2ClFN/c1-8(10-6-5-9(15)7-12(10)17)19-14-11(16)3-2-4-13(14)18/h2-8,19H,1H3. The van der Waals surface area contributed by atoms with Crippen LogP contribution in [-0.2, 0) is 0 Å². The number of halogens is 4. The first-order chi connectivity index (χ1) is 8.99. The van der Waals surface area contributed by atoms with Crippen LogP contribution in [0.25, 0.3) is 0 Å². The average Bonchev–Trinajstić information content (AvgIpc) is 2.33. The molecule has 0 spiro atoms. The Balaban J connectivity index is 2.28. The predicted octanol–water partition coefficient (Wildman–Crippen LogP) is 6.18. The third kappa shape index (κ3) is 3.50. The highest BCUT2D eigenvalue weighted by atomic mass is 79.9. The number of rotatable bonds is 3. The molecule has 100 valence electrons. The van der Waals surface area contributed by atoms with Crippen molar-refractivity contribution in [3.63, 3.8) is 0 Å². The Morgan fingerprint density at radius 2 is 1.95 bits per heavy atom. The maximum absolute atomic E-state index is 13.8. The van der Waals surface area contributed by atoms with Crippen molar-refractivity contribution in [3.8, 4) is 0 Å². The molecule has 2 aromatic carbocycles. The van der Waals surface area contributed by atoms with Gasteiger partial charge in [-0.05, 0) is 52.7 Å². The molecular weight excluding hydrogens is 396 g/mol. The molecular formula is C14H11Br2ClFN. The molecule has 0 radical (unpaired) electrons.